The van der Waals surface area contributed by atoms with Crippen molar-refractivity contribution in [3.05, 3.63) is 12.2 Å². The largest absolute Gasteiger partial charge is 0.0928 e. The third-order valence-corrected chi connectivity index (χ3v) is 2.55. The van der Waals surface area contributed by atoms with Crippen molar-refractivity contribution in [1.29, 1.82) is 0 Å². The lowest BCUT2D eigenvalue weighted by Gasteiger charge is -1.98. The molecule has 0 saturated carbocycles. The molecule has 12 heavy (non-hydrogen) atoms. The quantitative estimate of drug-likeness (QED) is 0.324. The van der Waals surface area contributed by atoms with Gasteiger partial charge in [-0.2, -0.15) is 0 Å². The van der Waals surface area contributed by atoms with Crippen LogP contribution in [0.4, 0.5) is 0 Å². The second kappa shape index (κ2) is 11.2. The van der Waals surface area contributed by atoms with Crippen LogP contribution in [0, 0.1) is 0 Å². The molecule has 0 aromatic rings. The van der Waals surface area contributed by atoms with Crippen molar-refractivity contribution in [3.8, 4) is 0 Å². The number of hydrogen-bond donors (Lipinski definition) is 0. The molecule has 0 atom stereocenters. The predicted octanol–water partition coefficient (Wildman–Crippen LogP) is 4.69. The third-order valence-electron chi connectivity index (χ3n) is 1.99. The van der Waals surface area contributed by atoms with Crippen molar-refractivity contribution in [2.45, 2.75) is 51.9 Å². The molecule has 0 spiro atoms. The van der Waals surface area contributed by atoms with Gasteiger partial charge in [0.25, 0.3) is 0 Å². The van der Waals surface area contributed by atoms with Crippen LogP contribution in [0.15, 0.2) is 12.2 Å². The Morgan fingerprint density at radius 3 is 2.08 bits per heavy atom. The Bertz CT molecular complexity index is 97.2. The fourth-order valence-electron chi connectivity index (χ4n) is 1.23. The second-order valence-electron chi connectivity index (χ2n) is 3.17. The second-order valence-corrected chi connectivity index (χ2v) is 3.96. The molecule has 0 saturated heterocycles. The Balaban J connectivity index is 2.81. The fourth-order valence-corrected chi connectivity index (χ4v) is 1.63. The number of allylic oxidation sites excluding steroid dienone is 2. The van der Waals surface area contributed by atoms with Crippen LogP contribution in [0.5, 0.6) is 0 Å². The molecule has 0 radical (unpaired) electrons. The van der Waals surface area contributed by atoms with E-state index >= 15 is 0 Å². The van der Waals surface area contributed by atoms with Gasteiger partial charge in [-0.1, -0.05) is 53.8 Å². The molecular formula is C11H21Br. The molecule has 0 bridgehead atoms. The first-order valence-corrected chi connectivity index (χ1v) is 6.21. The highest BCUT2D eigenvalue weighted by atomic mass is 79.9. The third kappa shape index (κ3) is 10.2. The molecule has 0 fully saturated rings. The molecule has 0 aliphatic heterocycles. The molecule has 0 nitrogen and oxygen atoms in total. The van der Waals surface area contributed by atoms with Gasteiger partial charge in [-0.05, 0) is 26.2 Å². The predicted molar refractivity (Wildman–Crippen MR) is 60.9 cm³/mol. The SMILES string of the molecule is CC=CCCCCCCCCBr. The number of hydrogen-bond acceptors (Lipinski definition) is 0. The number of alkyl halides is 1. The minimum Gasteiger partial charge on any atom is -0.0928 e. The van der Waals surface area contributed by atoms with E-state index in [2.05, 4.69) is 35.0 Å². The summed E-state index contributed by atoms with van der Waals surface area (Å²) in [6.45, 7) is 2.09. The van der Waals surface area contributed by atoms with Crippen molar-refractivity contribution >= 4 is 15.9 Å². The first-order valence-electron chi connectivity index (χ1n) is 5.09. The minimum absolute atomic E-state index is 1.17. The molecule has 1 heteroatoms. The summed E-state index contributed by atoms with van der Waals surface area (Å²) in [7, 11) is 0. The lowest BCUT2D eigenvalue weighted by atomic mass is 10.1. The van der Waals surface area contributed by atoms with E-state index in [1.54, 1.807) is 0 Å². The lowest BCUT2D eigenvalue weighted by Crippen LogP contribution is -1.79. The standard InChI is InChI=1S/C11H21Br/c1-2-3-4-5-6-7-8-9-10-11-12/h2-3H,4-11H2,1H3. The number of halogens is 1. The van der Waals surface area contributed by atoms with Gasteiger partial charge in [-0.25, -0.2) is 0 Å². The van der Waals surface area contributed by atoms with Crippen molar-refractivity contribution in [1.82, 2.24) is 0 Å². The van der Waals surface area contributed by atoms with Crippen LogP contribution in [0.3, 0.4) is 0 Å². The van der Waals surface area contributed by atoms with Crippen molar-refractivity contribution < 1.29 is 0 Å². The summed E-state index contributed by atoms with van der Waals surface area (Å²) >= 11 is 3.44. The van der Waals surface area contributed by atoms with Crippen LogP contribution in [0.1, 0.15) is 51.9 Å². The summed E-state index contributed by atoms with van der Waals surface area (Å²) in [5, 5.41) is 1.17. The van der Waals surface area contributed by atoms with Gasteiger partial charge in [-0.3, -0.25) is 0 Å². The lowest BCUT2D eigenvalue weighted by molar-refractivity contribution is 0.614. The zero-order valence-electron chi connectivity index (χ0n) is 8.19. The van der Waals surface area contributed by atoms with E-state index in [9.17, 15) is 0 Å². The fraction of sp³-hybridized carbons (Fsp3) is 0.818. The Morgan fingerprint density at radius 1 is 0.917 bits per heavy atom. The van der Waals surface area contributed by atoms with E-state index in [4.69, 9.17) is 0 Å². The van der Waals surface area contributed by atoms with Crippen LogP contribution in [0.2, 0.25) is 0 Å². The van der Waals surface area contributed by atoms with Gasteiger partial charge in [0.15, 0.2) is 0 Å². The molecule has 0 aromatic carbocycles. The van der Waals surface area contributed by atoms with Gasteiger partial charge < -0.3 is 0 Å². The van der Waals surface area contributed by atoms with E-state index < -0.39 is 0 Å². The minimum atomic E-state index is 1.17. The highest BCUT2D eigenvalue weighted by Crippen LogP contribution is 2.08. The van der Waals surface area contributed by atoms with Crippen LogP contribution < -0.4 is 0 Å². The number of rotatable bonds is 8. The summed E-state index contributed by atoms with van der Waals surface area (Å²) in [5.41, 5.74) is 0. The van der Waals surface area contributed by atoms with Gasteiger partial charge in [-0.15, -0.1) is 0 Å². The van der Waals surface area contributed by atoms with E-state index in [1.807, 2.05) is 0 Å². The van der Waals surface area contributed by atoms with Crippen LogP contribution in [-0.4, -0.2) is 5.33 Å². The topological polar surface area (TPSA) is 0 Å². The van der Waals surface area contributed by atoms with Crippen LogP contribution in [0.25, 0.3) is 0 Å². The normalized spacial score (nSPS) is 11.2. The molecule has 72 valence electrons. The molecule has 0 aliphatic carbocycles. The van der Waals surface area contributed by atoms with Gasteiger partial charge in [0.1, 0.15) is 0 Å². The molecule has 0 heterocycles. The van der Waals surface area contributed by atoms with E-state index in [-0.39, 0.29) is 0 Å². The molecule has 0 unspecified atom stereocenters. The highest BCUT2D eigenvalue weighted by Gasteiger charge is 1.88. The zero-order valence-corrected chi connectivity index (χ0v) is 9.78. The summed E-state index contributed by atoms with van der Waals surface area (Å²) in [6.07, 6.45) is 14.0. The average Bonchev–Trinajstić information content (AvgIpc) is 2.10. The summed E-state index contributed by atoms with van der Waals surface area (Å²) in [5.74, 6) is 0. The first-order chi connectivity index (χ1) is 5.91. The van der Waals surface area contributed by atoms with E-state index in [0.717, 1.165) is 0 Å². The monoisotopic (exact) mass is 232 g/mol. The molecule has 0 aliphatic rings. The number of unbranched alkanes of at least 4 members (excludes halogenated alkanes) is 6. The van der Waals surface area contributed by atoms with Crippen molar-refractivity contribution in [2.24, 2.45) is 0 Å². The zero-order chi connectivity index (χ0) is 9.07. The van der Waals surface area contributed by atoms with Gasteiger partial charge in [0.2, 0.25) is 0 Å². The van der Waals surface area contributed by atoms with Gasteiger partial charge in [0.05, 0.1) is 0 Å². The molecule has 0 amide bonds. The Labute approximate surface area is 85.6 Å². The smallest absolute Gasteiger partial charge is 0.00313 e. The Morgan fingerprint density at radius 2 is 1.50 bits per heavy atom. The van der Waals surface area contributed by atoms with Gasteiger partial charge in [0, 0.05) is 5.33 Å². The van der Waals surface area contributed by atoms with Crippen molar-refractivity contribution in [2.75, 3.05) is 5.33 Å². The highest BCUT2D eigenvalue weighted by molar-refractivity contribution is 9.09. The Hall–Kier alpha value is 0.220. The average molecular weight is 233 g/mol. The molecular weight excluding hydrogens is 212 g/mol. The maximum atomic E-state index is 3.44. The van der Waals surface area contributed by atoms with E-state index in [0.29, 0.717) is 0 Å². The van der Waals surface area contributed by atoms with Gasteiger partial charge >= 0.3 is 0 Å². The van der Waals surface area contributed by atoms with Crippen LogP contribution in [-0.2, 0) is 0 Å². The first kappa shape index (κ1) is 12.2. The summed E-state index contributed by atoms with van der Waals surface area (Å²) in [6, 6.07) is 0. The van der Waals surface area contributed by atoms with Crippen molar-refractivity contribution in [3.63, 3.8) is 0 Å². The Kier molecular flexibility index (Phi) is 11.4. The molecule has 0 aromatic heterocycles. The maximum absolute atomic E-state index is 3.44. The van der Waals surface area contributed by atoms with E-state index in [1.165, 1.54) is 50.3 Å². The molecule has 0 rings (SSSR count). The summed E-state index contributed by atoms with van der Waals surface area (Å²) in [4.78, 5) is 0. The maximum Gasteiger partial charge on any atom is 0.00313 e. The molecule has 0 N–H and O–H groups in total. The van der Waals surface area contributed by atoms with Crippen LogP contribution >= 0.6 is 15.9 Å². The summed E-state index contributed by atoms with van der Waals surface area (Å²) < 4.78 is 0.